The van der Waals surface area contributed by atoms with E-state index >= 15 is 0 Å². The maximum atomic E-state index is 5.77. The summed E-state index contributed by atoms with van der Waals surface area (Å²) in [4.78, 5) is 4.28. The zero-order valence-corrected chi connectivity index (χ0v) is 11.7. The van der Waals surface area contributed by atoms with Gasteiger partial charge in [-0.15, -0.1) is 0 Å². The molecular formula is C12H18BrN3O. The van der Waals surface area contributed by atoms with E-state index in [1.165, 1.54) is 0 Å². The molecule has 3 N–H and O–H groups in total. The highest BCUT2D eigenvalue weighted by Crippen LogP contribution is 2.16. The number of methoxy groups -OCH3 is 1. The van der Waals surface area contributed by atoms with Crippen molar-refractivity contribution in [3.8, 4) is 0 Å². The highest BCUT2D eigenvalue weighted by atomic mass is 79.9. The lowest BCUT2D eigenvalue weighted by Gasteiger charge is -2.13. The van der Waals surface area contributed by atoms with E-state index in [1.54, 1.807) is 7.11 Å². The fraction of sp³-hybridized carbons (Fsp3) is 0.417. The Morgan fingerprint density at radius 3 is 2.88 bits per heavy atom. The third kappa shape index (κ3) is 5.19. The summed E-state index contributed by atoms with van der Waals surface area (Å²) in [5, 5.41) is 3.06. The molecule has 94 valence electrons. The molecule has 17 heavy (non-hydrogen) atoms. The monoisotopic (exact) mass is 299 g/mol. The lowest BCUT2D eigenvalue weighted by Crippen LogP contribution is -2.40. The van der Waals surface area contributed by atoms with Crippen molar-refractivity contribution in [3.63, 3.8) is 0 Å². The van der Waals surface area contributed by atoms with Gasteiger partial charge in [-0.2, -0.15) is 0 Å². The predicted molar refractivity (Wildman–Crippen MR) is 73.9 cm³/mol. The van der Waals surface area contributed by atoms with E-state index < -0.39 is 0 Å². The lowest BCUT2D eigenvalue weighted by atomic mass is 10.2. The van der Waals surface area contributed by atoms with Crippen LogP contribution >= 0.6 is 15.9 Å². The Labute approximate surface area is 110 Å². The Kier molecular flexibility index (Phi) is 6.00. The molecule has 0 amide bonds. The maximum absolute atomic E-state index is 5.77. The molecule has 1 unspecified atom stereocenters. The van der Waals surface area contributed by atoms with Gasteiger partial charge in [0, 0.05) is 17.6 Å². The van der Waals surface area contributed by atoms with Crippen LogP contribution in [-0.4, -0.2) is 25.7 Å². The number of ether oxygens (including phenoxy) is 1. The largest absolute Gasteiger partial charge is 0.383 e. The van der Waals surface area contributed by atoms with E-state index in [9.17, 15) is 0 Å². The van der Waals surface area contributed by atoms with E-state index in [2.05, 4.69) is 26.2 Å². The van der Waals surface area contributed by atoms with Crippen LogP contribution in [0.1, 0.15) is 12.5 Å². The molecule has 0 radical (unpaired) electrons. The Morgan fingerprint density at radius 1 is 1.53 bits per heavy atom. The molecule has 0 aliphatic rings. The summed E-state index contributed by atoms with van der Waals surface area (Å²) in [6.07, 6.45) is 0. The van der Waals surface area contributed by atoms with Gasteiger partial charge in [0.2, 0.25) is 0 Å². The summed E-state index contributed by atoms with van der Waals surface area (Å²) in [5.74, 6) is 0.435. The maximum Gasteiger partial charge on any atom is 0.189 e. The minimum atomic E-state index is 0.156. The second kappa shape index (κ2) is 7.29. The van der Waals surface area contributed by atoms with Gasteiger partial charge in [0.1, 0.15) is 0 Å². The summed E-state index contributed by atoms with van der Waals surface area (Å²) in [5.41, 5.74) is 6.88. The third-order valence-corrected chi connectivity index (χ3v) is 2.96. The third-order valence-electron chi connectivity index (χ3n) is 2.19. The summed E-state index contributed by atoms with van der Waals surface area (Å²) in [7, 11) is 1.66. The number of nitrogens with zero attached hydrogens (tertiary/aromatic N) is 1. The van der Waals surface area contributed by atoms with Gasteiger partial charge >= 0.3 is 0 Å². The summed E-state index contributed by atoms with van der Waals surface area (Å²) in [6.45, 7) is 3.15. The number of rotatable bonds is 5. The Balaban J connectivity index is 2.50. The second-order valence-electron chi connectivity index (χ2n) is 3.79. The first-order chi connectivity index (χ1) is 8.13. The molecule has 1 aromatic carbocycles. The van der Waals surface area contributed by atoms with Crippen molar-refractivity contribution in [2.24, 2.45) is 10.7 Å². The fourth-order valence-corrected chi connectivity index (χ4v) is 1.80. The number of hydrogen-bond donors (Lipinski definition) is 2. The van der Waals surface area contributed by atoms with Crippen molar-refractivity contribution in [2.75, 3.05) is 13.7 Å². The molecular weight excluding hydrogens is 282 g/mol. The number of benzene rings is 1. The van der Waals surface area contributed by atoms with Crippen molar-refractivity contribution in [1.82, 2.24) is 5.32 Å². The van der Waals surface area contributed by atoms with Crippen LogP contribution in [0.2, 0.25) is 0 Å². The Hall–Kier alpha value is -1.07. The molecule has 0 aliphatic heterocycles. The Morgan fingerprint density at radius 2 is 2.24 bits per heavy atom. The number of hydrogen-bond acceptors (Lipinski definition) is 2. The topological polar surface area (TPSA) is 59.6 Å². The first-order valence-corrected chi connectivity index (χ1v) is 6.21. The van der Waals surface area contributed by atoms with Gasteiger partial charge in [0.15, 0.2) is 5.96 Å². The molecule has 1 atom stereocenters. The molecule has 0 saturated heterocycles. The van der Waals surface area contributed by atoms with Gasteiger partial charge in [-0.05, 0) is 18.6 Å². The first-order valence-electron chi connectivity index (χ1n) is 5.42. The van der Waals surface area contributed by atoms with Gasteiger partial charge in [-0.25, -0.2) is 4.99 Å². The highest BCUT2D eigenvalue weighted by molar-refractivity contribution is 9.10. The summed E-state index contributed by atoms with van der Waals surface area (Å²) < 4.78 is 6.05. The van der Waals surface area contributed by atoms with E-state index in [-0.39, 0.29) is 6.04 Å². The molecule has 0 fully saturated rings. The van der Waals surface area contributed by atoms with Crippen LogP contribution in [0.15, 0.2) is 33.7 Å². The zero-order chi connectivity index (χ0) is 12.7. The average Bonchev–Trinajstić information content (AvgIpc) is 2.28. The molecule has 5 heteroatoms. The van der Waals surface area contributed by atoms with E-state index in [0.29, 0.717) is 19.1 Å². The highest BCUT2D eigenvalue weighted by Gasteiger charge is 2.02. The molecule has 0 bridgehead atoms. The van der Waals surface area contributed by atoms with Crippen LogP contribution < -0.4 is 11.1 Å². The van der Waals surface area contributed by atoms with Crippen LogP contribution in [0.4, 0.5) is 0 Å². The van der Waals surface area contributed by atoms with E-state index in [1.807, 2.05) is 31.2 Å². The number of halogens is 1. The number of nitrogens with one attached hydrogen (secondary N) is 1. The predicted octanol–water partition coefficient (Wildman–Crippen LogP) is 1.89. The summed E-state index contributed by atoms with van der Waals surface area (Å²) in [6, 6.07) is 8.11. The fourth-order valence-electron chi connectivity index (χ4n) is 1.39. The van der Waals surface area contributed by atoms with Crippen molar-refractivity contribution >= 4 is 21.9 Å². The standard InChI is InChI=1S/C12H18BrN3O/c1-9(8-17-2)16-12(14)15-7-10-5-3-4-6-11(10)13/h3-6,9H,7-8H2,1-2H3,(H3,14,15,16). The number of aliphatic imine (C=N–C) groups is 1. The van der Waals surface area contributed by atoms with E-state index in [4.69, 9.17) is 10.5 Å². The van der Waals surface area contributed by atoms with Crippen molar-refractivity contribution in [2.45, 2.75) is 19.5 Å². The van der Waals surface area contributed by atoms with Crippen molar-refractivity contribution in [3.05, 3.63) is 34.3 Å². The van der Waals surface area contributed by atoms with Gasteiger partial charge in [0.05, 0.1) is 13.2 Å². The van der Waals surface area contributed by atoms with Crippen LogP contribution in [0.3, 0.4) is 0 Å². The molecule has 4 nitrogen and oxygen atoms in total. The minimum Gasteiger partial charge on any atom is -0.383 e. The molecule has 0 aromatic heterocycles. The average molecular weight is 300 g/mol. The normalized spacial score (nSPS) is 13.5. The SMILES string of the molecule is COCC(C)NC(N)=NCc1ccccc1Br. The molecule has 0 saturated carbocycles. The van der Waals surface area contributed by atoms with E-state index in [0.717, 1.165) is 10.0 Å². The van der Waals surface area contributed by atoms with Gasteiger partial charge in [-0.3, -0.25) is 0 Å². The van der Waals surface area contributed by atoms with Gasteiger partial charge in [-0.1, -0.05) is 34.1 Å². The van der Waals surface area contributed by atoms with Crippen LogP contribution in [0.5, 0.6) is 0 Å². The number of nitrogens with two attached hydrogens (primary N) is 1. The zero-order valence-electron chi connectivity index (χ0n) is 10.1. The van der Waals surface area contributed by atoms with Crippen molar-refractivity contribution < 1.29 is 4.74 Å². The molecule has 0 spiro atoms. The molecule has 1 rings (SSSR count). The quantitative estimate of drug-likeness (QED) is 0.645. The van der Waals surface area contributed by atoms with Crippen LogP contribution in [0, 0.1) is 0 Å². The smallest absolute Gasteiger partial charge is 0.189 e. The molecule has 0 aliphatic carbocycles. The first kappa shape index (κ1) is 14.0. The van der Waals surface area contributed by atoms with Crippen molar-refractivity contribution in [1.29, 1.82) is 0 Å². The van der Waals surface area contributed by atoms with Crippen LogP contribution in [0.25, 0.3) is 0 Å². The van der Waals surface area contributed by atoms with Gasteiger partial charge < -0.3 is 15.8 Å². The lowest BCUT2D eigenvalue weighted by molar-refractivity contribution is 0.179. The van der Waals surface area contributed by atoms with Crippen LogP contribution in [-0.2, 0) is 11.3 Å². The van der Waals surface area contributed by atoms with Gasteiger partial charge in [0.25, 0.3) is 0 Å². The number of guanidine groups is 1. The minimum absolute atomic E-state index is 0.156. The Bertz CT molecular complexity index is 382. The summed E-state index contributed by atoms with van der Waals surface area (Å²) >= 11 is 3.47. The second-order valence-corrected chi connectivity index (χ2v) is 4.65. The molecule has 1 aromatic rings. The molecule has 0 heterocycles.